The van der Waals surface area contributed by atoms with E-state index >= 15 is 0 Å². The number of aromatic nitrogens is 5. The second kappa shape index (κ2) is 11.6. The second-order valence-electron chi connectivity index (χ2n) is 9.75. The molecule has 4 heterocycles. The number of nitrogens with zero attached hydrogens (tertiary/aromatic N) is 6. The van der Waals surface area contributed by atoms with Gasteiger partial charge in [0, 0.05) is 62.0 Å². The van der Waals surface area contributed by atoms with E-state index in [9.17, 15) is 9.18 Å². The maximum Gasteiger partial charge on any atom is 0.316 e. The van der Waals surface area contributed by atoms with Gasteiger partial charge in [-0.15, -0.1) is 0 Å². The van der Waals surface area contributed by atoms with Crippen molar-refractivity contribution < 1.29 is 13.9 Å². The Bertz CT molecular complexity index is 1460. The molecule has 5 rings (SSSR count). The van der Waals surface area contributed by atoms with Gasteiger partial charge in [-0.3, -0.25) is 9.78 Å². The standard InChI is InChI=1S/C28H31FN8O2/c1-17(20-5-4-6-21-25(27(38)30-2)22(29)15-32-26(20)21)12-31-24-11-23(35-16-36-24)18-13-33-28(34-14-18)39-19-7-9-37(3)10-8-19/h4-6,11,13-17,19H,7-10,12H2,1-3H3,(H,30,38)(H,31,35,36)/t17-/m1/s1. The number of halogens is 1. The normalized spacial score (nSPS) is 15.2. The predicted molar refractivity (Wildman–Crippen MR) is 146 cm³/mol. The molecule has 0 bridgehead atoms. The molecule has 3 aromatic heterocycles. The van der Waals surface area contributed by atoms with Crippen molar-refractivity contribution in [3.63, 3.8) is 0 Å². The van der Waals surface area contributed by atoms with E-state index in [1.807, 2.05) is 25.1 Å². The zero-order valence-electron chi connectivity index (χ0n) is 22.2. The van der Waals surface area contributed by atoms with Gasteiger partial charge in [-0.05, 0) is 25.5 Å². The molecule has 11 heteroatoms. The van der Waals surface area contributed by atoms with E-state index in [1.54, 1.807) is 18.5 Å². The molecule has 202 valence electrons. The molecule has 1 fully saturated rings. The van der Waals surface area contributed by atoms with Crippen LogP contribution in [0.25, 0.3) is 22.2 Å². The van der Waals surface area contributed by atoms with E-state index in [0.29, 0.717) is 35.0 Å². The molecule has 2 N–H and O–H groups in total. The van der Waals surface area contributed by atoms with Crippen LogP contribution in [0.1, 0.15) is 41.6 Å². The summed E-state index contributed by atoms with van der Waals surface area (Å²) in [4.78, 5) is 36.4. The summed E-state index contributed by atoms with van der Waals surface area (Å²) < 4.78 is 20.4. The van der Waals surface area contributed by atoms with Crippen molar-refractivity contribution in [1.29, 1.82) is 0 Å². The van der Waals surface area contributed by atoms with E-state index in [0.717, 1.165) is 43.3 Å². The van der Waals surface area contributed by atoms with Crippen LogP contribution in [0, 0.1) is 5.82 Å². The van der Waals surface area contributed by atoms with Gasteiger partial charge in [-0.2, -0.15) is 0 Å². The van der Waals surface area contributed by atoms with Crippen LogP contribution in [-0.2, 0) is 0 Å². The predicted octanol–water partition coefficient (Wildman–Crippen LogP) is 3.67. The lowest BCUT2D eigenvalue weighted by molar-refractivity contribution is 0.0960. The number of rotatable bonds is 8. The Hall–Kier alpha value is -4.25. The molecule has 1 aliphatic heterocycles. The number of carbonyl (C=O) groups excluding carboxylic acids is 1. The Balaban J connectivity index is 1.27. The Kier molecular flexibility index (Phi) is 7.87. The topological polar surface area (TPSA) is 118 Å². The van der Waals surface area contributed by atoms with Crippen molar-refractivity contribution in [3.8, 4) is 17.3 Å². The van der Waals surface area contributed by atoms with Gasteiger partial charge in [0.05, 0.1) is 23.0 Å². The zero-order chi connectivity index (χ0) is 27.4. The molecule has 0 aliphatic carbocycles. The molecule has 0 radical (unpaired) electrons. The Morgan fingerprint density at radius 1 is 1.13 bits per heavy atom. The van der Waals surface area contributed by atoms with Crippen LogP contribution >= 0.6 is 0 Å². The fourth-order valence-corrected chi connectivity index (χ4v) is 4.72. The third kappa shape index (κ3) is 5.93. The van der Waals surface area contributed by atoms with Crippen LogP contribution in [0.4, 0.5) is 10.2 Å². The Morgan fingerprint density at radius 3 is 2.64 bits per heavy atom. The van der Waals surface area contributed by atoms with Gasteiger partial charge in [-0.1, -0.05) is 25.1 Å². The summed E-state index contributed by atoms with van der Waals surface area (Å²) in [5.41, 5.74) is 2.92. The molecule has 1 aromatic carbocycles. The number of carbonyl (C=O) groups is 1. The number of amides is 1. The van der Waals surface area contributed by atoms with E-state index in [-0.39, 0.29) is 17.6 Å². The number of likely N-dealkylation sites (tertiary alicyclic amines) is 1. The lowest BCUT2D eigenvalue weighted by Gasteiger charge is -2.28. The zero-order valence-corrected chi connectivity index (χ0v) is 22.2. The number of nitrogens with one attached hydrogen (secondary N) is 2. The van der Waals surface area contributed by atoms with Gasteiger partial charge in [-0.25, -0.2) is 24.3 Å². The molecular formula is C28H31FN8O2. The first-order valence-electron chi connectivity index (χ1n) is 13.0. The van der Waals surface area contributed by atoms with E-state index in [4.69, 9.17) is 4.74 Å². The number of anilines is 1. The highest BCUT2D eigenvalue weighted by Crippen LogP contribution is 2.28. The minimum Gasteiger partial charge on any atom is -0.460 e. The minimum atomic E-state index is -0.649. The molecule has 1 amide bonds. The SMILES string of the molecule is CNC(=O)c1c(F)cnc2c([C@H](C)CNc3cc(-c4cnc(OC5CCN(C)CC5)nc4)ncn3)cccc12. The van der Waals surface area contributed by atoms with Crippen molar-refractivity contribution in [1.82, 2.24) is 35.1 Å². The molecule has 1 aliphatic rings. The average Bonchev–Trinajstić information content (AvgIpc) is 2.97. The molecule has 10 nitrogen and oxygen atoms in total. The van der Waals surface area contributed by atoms with Crippen molar-refractivity contribution in [2.24, 2.45) is 0 Å². The van der Waals surface area contributed by atoms with Crippen LogP contribution in [0.5, 0.6) is 6.01 Å². The summed E-state index contributed by atoms with van der Waals surface area (Å²) in [5.74, 6) is -0.504. The minimum absolute atomic E-state index is 0.00469. The number of benzene rings is 1. The third-order valence-corrected chi connectivity index (χ3v) is 6.99. The quantitative estimate of drug-likeness (QED) is 0.352. The fourth-order valence-electron chi connectivity index (χ4n) is 4.72. The molecular weight excluding hydrogens is 499 g/mol. The summed E-state index contributed by atoms with van der Waals surface area (Å²) >= 11 is 0. The summed E-state index contributed by atoms with van der Waals surface area (Å²) in [6.07, 6.45) is 8.05. The van der Waals surface area contributed by atoms with Crippen molar-refractivity contribution in [2.75, 3.05) is 39.0 Å². The smallest absolute Gasteiger partial charge is 0.316 e. The molecule has 0 unspecified atom stereocenters. The number of pyridine rings is 1. The number of para-hydroxylation sites is 1. The van der Waals surface area contributed by atoms with Gasteiger partial charge in [0.1, 0.15) is 18.2 Å². The first kappa shape index (κ1) is 26.4. The van der Waals surface area contributed by atoms with Gasteiger partial charge in [0.15, 0.2) is 5.82 Å². The average molecular weight is 531 g/mol. The number of fused-ring (bicyclic) bond motifs is 1. The lowest BCUT2D eigenvalue weighted by atomic mass is 9.96. The molecule has 1 atom stereocenters. The third-order valence-electron chi connectivity index (χ3n) is 6.99. The highest BCUT2D eigenvalue weighted by atomic mass is 19.1. The van der Waals surface area contributed by atoms with Crippen molar-refractivity contribution >= 4 is 22.6 Å². The Labute approximate surface area is 226 Å². The Morgan fingerprint density at radius 2 is 1.90 bits per heavy atom. The number of hydrogen-bond donors (Lipinski definition) is 2. The van der Waals surface area contributed by atoms with Crippen molar-refractivity contribution in [3.05, 3.63) is 66.1 Å². The van der Waals surface area contributed by atoms with E-state index in [1.165, 1.54) is 13.4 Å². The van der Waals surface area contributed by atoms with Crippen LogP contribution in [-0.4, -0.2) is 75.6 Å². The van der Waals surface area contributed by atoms with Crippen LogP contribution in [0.3, 0.4) is 0 Å². The van der Waals surface area contributed by atoms with E-state index < -0.39 is 11.7 Å². The summed E-state index contributed by atoms with van der Waals surface area (Å²) in [7, 11) is 3.59. The largest absolute Gasteiger partial charge is 0.460 e. The monoisotopic (exact) mass is 530 g/mol. The maximum absolute atomic E-state index is 14.4. The molecule has 1 saturated heterocycles. The molecule has 4 aromatic rings. The maximum atomic E-state index is 14.4. The summed E-state index contributed by atoms with van der Waals surface area (Å²) in [5, 5.41) is 6.32. The van der Waals surface area contributed by atoms with E-state index in [2.05, 4.69) is 47.5 Å². The number of piperidine rings is 1. The van der Waals surface area contributed by atoms with Crippen molar-refractivity contribution in [2.45, 2.75) is 31.8 Å². The molecule has 39 heavy (non-hydrogen) atoms. The highest BCUT2D eigenvalue weighted by Gasteiger charge is 2.20. The summed E-state index contributed by atoms with van der Waals surface area (Å²) in [6.45, 7) is 4.57. The first-order valence-corrected chi connectivity index (χ1v) is 13.0. The second-order valence-corrected chi connectivity index (χ2v) is 9.75. The highest BCUT2D eigenvalue weighted by molar-refractivity contribution is 6.06. The van der Waals surface area contributed by atoms with Gasteiger partial charge in [0.25, 0.3) is 5.91 Å². The van der Waals surface area contributed by atoms with Crippen LogP contribution in [0.2, 0.25) is 0 Å². The number of hydrogen-bond acceptors (Lipinski definition) is 9. The number of ether oxygens (including phenoxy) is 1. The summed E-state index contributed by atoms with van der Waals surface area (Å²) in [6, 6.07) is 7.67. The first-order chi connectivity index (χ1) is 18.9. The fraction of sp³-hybridized carbons (Fsp3) is 0.357. The van der Waals surface area contributed by atoms with Crippen LogP contribution < -0.4 is 15.4 Å². The molecule has 0 spiro atoms. The van der Waals surface area contributed by atoms with Gasteiger partial charge in [0.2, 0.25) is 0 Å². The van der Waals surface area contributed by atoms with Gasteiger partial charge < -0.3 is 20.3 Å². The lowest BCUT2D eigenvalue weighted by Crippen LogP contribution is -2.35. The van der Waals surface area contributed by atoms with Crippen LogP contribution in [0.15, 0.2) is 49.2 Å². The van der Waals surface area contributed by atoms with Gasteiger partial charge >= 0.3 is 6.01 Å². The molecule has 0 saturated carbocycles.